The highest BCUT2D eigenvalue weighted by Gasteiger charge is 2.01. The molecular formula is C19H26N2. The van der Waals surface area contributed by atoms with Crippen LogP contribution in [0.4, 0.5) is 11.4 Å². The summed E-state index contributed by atoms with van der Waals surface area (Å²) in [5, 5.41) is 0. The molecule has 0 atom stereocenters. The number of rotatable bonds is 6. The minimum Gasteiger partial charge on any atom is -0.399 e. The SMILES string of the molecule is Cc1cc(N)ccc1CCCCCc1ccc(N)cc1C. The lowest BCUT2D eigenvalue weighted by Gasteiger charge is -2.08. The maximum absolute atomic E-state index is 5.78. The summed E-state index contributed by atoms with van der Waals surface area (Å²) in [5.41, 5.74) is 18.7. The quantitative estimate of drug-likeness (QED) is 0.608. The second-order valence-corrected chi connectivity index (χ2v) is 5.93. The Kier molecular flexibility index (Phi) is 5.26. The van der Waals surface area contributed by atoms with E-state index in [2.05, 4.69) is 38.1 Å². The van der Waals surface area contributed by atoms with Gasteiger partial charge in [0.15, 0.2) is 0 Å². The van der Waals surface area contributed by atoms with E-state index < -0.39 is 0 Å². The molecule has 0 spiro atoms. The molecule has 0 heterocycles. The zero-order chi connectivity index (χ0) is 15.2. The summed E-state index contributed by atoms with van der Waals surface area (Å²) < 4.78 is 0. The summed E-state index contributed by atoms with van der Waals surface area (Å²) in [5.74, 6) is 0. The fraction of sp³-hybridized carbons (Fsp3) is 0.368. The number of benzene rings is 2. The lowest BCUT2D eigenvalue weighted by Crippen LogP contribution is -1.95. The maximum atomic E-state index is 5.78. The highest BCUT2D eigenvalue weighted by molar-refractivity contribution is 5.45. The van der Waals surface area contributed by atoms with Crippen LogP contribution in [0.5, 0.6) is 0 Å². The number of nitrogens with two attached hydrogens (primary N) is 2. The van der Waals surface area contributed by atoms with Crippen molar-refractivity contribution in [3.8, 4) is 0 Å². The fourth-order valence-corrected chi connectivity index (χ4v) is 2.81. The average Bonchev–Trinajstić information content (AvgIpc) is 2.42. The minimum absolute atomic E-state index is 0.857. The second-order valence-electron chi connectivity index (χ2n) is 5.93. The number of hydrogen-bond acceptors (Lipinski definition) is 2. The van der Waals surface area contributed by atoms with Crippen LogP contribution in [0.2, 0.25) is 0 Å². The fourth-order valence-electron chi connectivity index (χ4n) is 2.81. The minimum atomic E-state index is 0.857. The Balaban J connectivity index is 1.75. The van der Waals surface area contributed by atoms with Gasteiger partial charge in [0.25, 0.3) is 0 Å². The van der Waals surface area contributed by atoms with Crippen LogP contribution < -0.4 is 11.5 Å². The number of nitrogen functional groups attached to an aromatic ring is 2. The molecule has 0 aliphatic carbocycles. The van der Waals surface area contributed by atoms with E-state index in [1.807, 2.05) is 12.1 Å². The molecule has 4 N–H and O–H groups in total. The summed E-state index contributed by atoms with van der Waals surface area (Å²) in [6, 6.07) is 12.4. The summed E-state index contributed by atoms with van der Waals surface area (Å²) >= 11 is 0. The molecule has 0 amide bonds. The molecule has 0 saturated heterocycles. The van der Waals surface area contributed by atoms with E-state index in [1.165, 1.54) is 41.5 Å². The van der Waals surface area contributed by atoms with E-state index in [1.54, 1.807) is 0 Å². The van der Waals surface area contributed by atoms with Crippen molar-refractivity contribution in [2.45, 2.75) is 46.0 Å². The molecule has 2 aromatic carbocycles. The van der Waals surface area contributed by atoms with Gasteiger partial charge in [-0.2, -0.15) is 0 Å². The lowest BCUT2D eigenvalue weighted by atomic mass is 9.98. The van der Waals surface area contributed by atoms with E-state index in [0.717, 1.165) is 24.2 Å². The first-order valence-electron chi connectivity index (χ1n) is 7.76. The van der Waals surface area contributed by atoms with E-state index in [-0.39, 0.29) is 0 Å². The van der Waals surface area contributed by atoms with Crippen LogP contribution in [-0.2, 0) is 12.8 Å². The van der Waals surface area contributed by atoms with E-state index in [0.29, 0.717) is 0 Å². The van der Waals surface area contributed by atoms with Crippen molar-refractivity contribution in [1.29, 1.82) is 0 Å². The summed E-state index contributed by atoms with van der Waals surface area (Å²) in [4.78, 5) is 0. The molecule has 21 heavy (non-hydrogen) atoms. The molecule has 2 nitrogen and oxygen atoms in total. The zero-order valence-corrected chi connectivity index (χ0v) is 13.2. The average molecular weight is 282 g/mol. The molecule has 0 aliphatic heterocycles. The lowest BCUT2D eigenvalue weighted by molar-refractivity contribution is 0.676. The van der Waals surface area contributed by atoms with Gasteiger partial charge in [-0.05, 0) is 86.1 Å². The third kappa shape index (κ3) is 4.52. The van der Waals surface area contributed by atoms with Gasteiger partial charge in [0.2, 0.25) is 0 Å². The molecule has 0 radical (unpaired) electrons. The van der Waals surface area contributed by atoms with Gasteiger partial charge in [-0.1, -0.05) is 18.6 Å². The molecular weight excluding hydrogens is 256 g/mol. The second kappa shape index (κ2) is 7.16. The Morgan fingerprint density at radius 2 is 1.10 bits per heavy atom. The molecule has 0 aromatic heterocycles. The number of aryl methyl sites for hydroxylation is 4. The van der Waals surface area contributed by atoms with Crippen LogP contribution in [0, 0.1) is 13.8 Å². The Morgan fingerprint density at radius 1 is 0.667 bits per heavy atom. The van der Waals surface area contributed by atoms with Gasteiger partial charge in [-0.3, -0.25) is 0 Å². The van der Waals surface area contributed by atoms with Crippen molar-refractivity contribution in [2.24, 2.45) is 0 Å². The summed E-state index contributed by atoms with van der Waals surface area (Å²) in [6.45, 7) is 4.28. The standard InChI is InChI=1S/C19H26N2/c1-14-12-18(20)10-8-16(14)6-4-3-5-7-17-9-11-19(21)13-15(17)2/h8-13H,3-7,20-21H2,1-2H3. The highest BCUT2D eigenvalue weighted by Crippen LogP contribution is 2.18. The number of hydrogen-bond donors (Lipinski definition) is 2. The van der Waals surface area contributed by atoms with Crippen molar-refractivity contribution in [1.82, 2.24) is 0 Å². The molecule has 2 rings (SSSR count). The van der Waals surface area contributed by atoms with Crippen molar-refractivity contribution in [3.63, 3.8) is 0 Å². The molecule has 112 valence electrons. The Labute approximate surface area is 128 Å². The van der Waals surface area contributed by atoms with Crippen LogP contribution in [0.1, 0.15) is 41.5 Å². The van der Waals surface area contributed by atoms with Crippen molar-refractivity contribution < 1.29 is 0 Å². The first-order chi connectivity index (χ1) is 10.1. The van der Waals surface area contributed by atoms with Crippen molar-refractivity contribution in [3.05, 3.63) is 58.7 Å². The van der Waals surface area contributed by atoms with Crippen LogP contribution >= 0.6 is 0 Å². The van der Waals surface area contributed by atoms with Crippen molar-refractivity contribution >= 4 is 11.4 Å². The monoisotopic (exact) mass is 282 g/mol. The van der Waals surface area contributed by atoms with Crippen molar-refractivity contribution in [2.75, 3.05) is 11.5 Å². The van der Waals surface area contributed by atoms with Gasteiger partial charge in [0, 0.05) is 11.4 Å². The molecule has 0 aliphatic rings. The molecule has 0 saturated carbocycles. The van der Waals surface area contributed by atoms with Gasteiger partial charge < -0.3 is 11.5 Å². The van der Waals surface area contributed by atoms with Gasteiger partial charge in [0.1, 0.15) is 0 Å². The molecule has 0 bridgehead atoms. The topological polar surface area (TPSA) is 52.0 Å². The van der Waals surface area contributed by atoms with Gasteiger partial charge in [-0.25, -0.2) is 0 Å². The van der Waals surface area contributed by atoms with E-state index >= 15 is 0 Å². The highest BCUT2D eigenvalue weighted by atomic mass is 14.5. The maximum Gasteiger partial charge on any atom is 0.0316 e. The predicted molar refractivity (Wildman–Crippen MR) is 92.4 cm³/mol. The van der Waals surface area contributed by atoms with Crippen LogP contribution in [0.15, 0.2) is 36.4 Å². The Hall–Kier alpha value is -1.96. The number of unbranched alkanes of at least 4 members (excludes halogenated alkanes) is 2. The number of anilines is 2. The first kappa shape index (κ1) is 15.4. The van der Waals surface area contributed by atoms with Crippen LogP contribution in [-0.4, -0.2) is 0 Å². The summed E-state index contributed by atoms with van der Waals surface area (Å²) in [7, 11) is 0. The first-order valence-corrected chi connectivity index (χ1v) is 7.76. The molecule has 0 fully saturated rings. The zero-order valence-electron chi connectivity index (χ0n) is 13.2. The van der Waals surface area contributed by atoms with Gasteiger partial charge >= 0.3 is 0 Å². The predicted octanol–water partition coefficient (Wildman–Crippen LogP) is 4.42. The molecule has 2 heteroatoms. The third-order valence-corrected chi connectivity index (χ3v) is 4.13. The largest absolute Gasteiger partial charge is 0.399 e. The van der Waals surface area contributed by atoms with Crippen LogP contribution in [0.25, 0.3) is 0 Å². The van der Waals surface area contributed by atoms with Gasteiger partial charge in [-0.15, -0.1) is 0 Å². The molecule has 0 unspecified atom stereocenters. The Bertz CT molecular complexity index is 549. The van der Waals surface area contributed by atoms with E-state index in [9.17, 15) is 0 Å². The third-order valence-electron chi connectivity index (χ3n) is 4.13. The Morgan fingerprint density at radius 3 is 1.48 bits per heavy atom. The smallest absolute Gasteiger partial charge is 0.0316 e. The van der Waals surface area contributed by atoms with E-state index in [4.69, 9.17) is 11.5 Å². The van der Waals surface area contributed by atoms with Crippen LogP contribution in [0.3, 0.4) is 0 Å². The summed E-state index contributed by atoms with van der Waals surface area (Å²) in [6.07, 6.45) is 6.02. The molecule has 2 aromatic rings. The normalized spacial score (nSPS) is 10.8. The van der Waals surface area contributed by atoms with Gasteiger partial charge in [0.05, 0.1) is 0 Å².